The summed E-state index contributed by atoms with van der Waals surface area (Å²) in [6.45, 7) is 4.44. The van der Waals surface area contributed by atoms with E-state index in [-0.39, 0.29) is 11.9 Å². The minimum absolute atomic E-state index is 0.164. The first kappa shape index (κ1) is 17.7. The SMILES string of the molecule is CCCCCOC(=O)c1ccc(NC(=O)c2ccccc2C)cc1. The van der Waals surface area contributed by atoms with E-state index in [9.17, 15) is 9.59 Å². The molecule has 0 fully saturated rings. The fourth-order valence-corrected chi connectivity index (χ4v) is 2.32. The lowest BCUT2D eigenvalue weighted by atomic mass is 10.1. The van der Waals surface area contributed by atoms with Gasteiger partial charge in [-0.15, -0.1) is 0 Å². The van der Waals surface area contributed by atoms with Crippen molar-refractivity contribution in [2.24, 2.45) is 0 Å². The molecule has 1 amide bonds. The molecular formula is C20H23NO3. The largest absolute Gasteiger partial charge is 0.462 e. The normalized spacial score (nSPS) is 10.2. The second-order valence-electron chi connectivity index (χ2n) is 5.69. The molecule has 4 heteroatoms. The zero-order valence-corrected chi connectivity index (χ0v) is 14.2. The Morgan fingerprint density at radius 1 is 1.00 bits per heavy atom. The highest BCUT2D eigenvalue weighted by Gasteiger charge is 2.10. The lowest BCUT2D eigenvalue weighted by Crippen LogP contribution is -2.13. The molecule has 0 spiro atoms. The topological polar surface area (TPSA) is 55.4 Å². The molecule has 0 aliphatic carbocycles. The van der Waals surface area contributed by atoms with E-state index in [1.165, 1.54) is 0 Å². The number of hydrogen-bond donors (Lipinski definition) is 1. The molecule has 4 nitrogen and oxygen atoms in total. The summed E-state index contributed by atoms with van der Waals surface area (Å²) >= 11 is 0. The molecule has 0 aromatic heterocycles. The van der Waals surface area contributed by atoms with E-state index in [2.05, 4.69) is 12.2 Å². The molecule has 2 aromatic rings. The molecule has 0 bridgehead atoms. The van der Waals surface area contributed by atoms with E-state index in [1.807, 2.05) is 25.1 Å². The Bertz CT molecular complexity index is 692. The summed E-state index contributed by atoms with van der Waals surface area (Å²) in [7, 11) is 0. The fraction of sp³-hybridized carbons (Fsp3) is 0.300. The van der Waals surface area contributed by atoms with Gasteiger partial charge in [0, 0.05) is 11.3 Å². The van der Waals surface area contributed by atoms with Crippen molar-refractivity contribution in [3.05, 3.63) is 65.2 Å². The summed E-state index contributed by atoms with van der Waals surface area (Å²) in [6.07, 6.45) is 3.02. The Balaban J connectivity index is 1.93. The first-order chi connectivity index (χ1) is 11.6. The molecule has 0 radical (unpaired) electrons. The van der Waals surface area contributed by atoms with Crippen molar-refractivity contribution in [1.82, 2.24) is 0 Å². The highest BCUT2D eigenvalue weighted by Crippen LogP contribution is 2.14. The van der Waals surface area contributed by atoms with Crippen LogP contribution in [0.3, 0.4) is 0 Å². The third kappa shape index (κ3) is 4.95. The Kier molecular flexibility index (Phi) is 6.55. The zero-order chi connectivity index (χ0) is 17.4. The number of anilines is 1. The van der Waals surface area contributed by atoms with Crippen LogP contribution in [0.15, 0.2) is 48.5 Å². The first-order valence-electron chi connectivity index (χ1n) is 8.26. The monoisotopic (exact) mass is 325 g/mol. The average Bonchev–Trinajstić information content (AvgIpc) is 2.59. The van der Waals surface area contributed by atoms with Crippen LogP contribution in [-0.4, -0.2) is 18.5 Å². The van der Waals surface area contributed by atoms with Crippen LogP contribution in [0.25, 0.3) is 0 Å². The lowest BCUT2D eigenvalue weighted by molar-refractivity contribution is 0.0498. The van der Waals surface area contributed by atoms with Crippen LogP contribution in [0.4, 0.5) is 5.69 Å². The molecule has 0 saturated carbocycles. The summed E-state index contributed by atoms with van der Waals surface area (Å²) in [6, 6.07) is 14.1. The van der Waals surface area contributed by atoms with E-state index in [1.54, 1.807) is 30.3 Å². The summed E-state index contributed by atoms with van der Waals surface area (Å²) < 4.78 is 5.21. The van der Waals surface area contributed by atoms with Gasteiger partial charge in [-0.1, -0.05) is 38.0 Å². The lowest BCUT2D eigenvalue weighted by Gasteiger charge is -2.08. The molecular weight excluding hydrogens is 302 g/mol. The molecule has 0 heterocycles. The number of benzene rings is 2. The molecule has 0 unspecified atom stereocenters. The van der Waals surface area contributed by atoms with Crippen LogP contribution in [0.2, 0.25) is 0 Å². The Hall–Kier alpha value is -2.62. The first-order valence-corrected chi connectivity index (χ1v) is 8.26. The second kappa shape index (κ2) is 8.87. The molecule has 0 saturated heterocycles. The van der Waals surface area contributed by atoms with E-state index in [0.29, 0.717) is 23.4 Å². The Morgan fingerprint density at radius 2 is 1.71 bits per heavy atom. The van der Waals surface area contributed by atoms with Crippen molar-refractivity contribution in [3.8, 4) is 0 Å². The maximum absolute atomic E-state index is 12.3. The number of carbonyl (C=O) groups excluding carboxylic acids is 2. The van der Waals surface area contributed by atoms with Crippen molar-refractivity contribution < 1.29 is 14.3 Å². The predicted molar refractivity (Wildman–Crippen MR) is 95.4 cm³/mol. The fourth-order valence-electron chi connectivity index (χ4n) is 2.32. The van der Waals surface area contributed by atoms with Gasteiger partial charge in [-0.25, -0.2) is 4.79 Å². The zero-order valence-electron chi connectivity index (χ0n) is 14.2. The van der Waals surface area contributed by atoms with Gasteiger partial charge in [0.05, 0.1) is 12.2 Å². The van der Waals surface area contributed by atoms with Crippen LogP contribution >= 0.6 is 0 Å². The second-order valence-corrected chi connectivity index (χ2v) is 5.69. The summed E-state index contributed by atoms with van der Waals surface area (Å²) in [4.78, 5) is 24.2. The van der Waals surface area contributed by atoms with Gasteiger partial charge in [0.1, 0.15) is 0 Å². The summed E-state index contributed by atoms with van der Waals surface area (Å²) in [5, 5.41) is 2.83. The molecule has 0 atom stereocenters. The van der Waals surface area contributed by atoms with Crippen molar-refractivity contribution in [1.29, 1.82) is 0 Å². The van der Waals surface area contributed by atoms with Gasteiger partial charge in [-0.2, -0.15) is 0 Å². The van der Waals surface area contributed by atoms with Crippen molar-refractivity contribution in [2.75, 3.05) is 11.9 Å². The molecule has 1 N–H and O–H groups in total. The highest BCUT2D eigenvalue weighted by molar-refractivity contribution is 6.05. The van der Waals surface area contributed by atoms with Crippen LogP contribution in [0, 0.1) is 6.92 Å². The van der Waals surface area contributed by atoms with Gasteiger partial charge in [0.15, 0.2) is 0 Å². The summed E-state index contributed by atoms with van der Waals surface area (Å²) in [5.41, 5.74) is 2.69. The average molecular weight is 325 g/mol. The maximum Gasteiger partial charge on any atom is 0.338 e. The molecule has 126 valence electrons. The highest BCUT2D eigenvalue weighted by atomic mass is 16.5. The van der Waals surface area contributed by atoms with Crippen molar-refractivity contribution in [2.45, 2.75) is 33.1 Å². The number of amides is 1. The van der Waals surface area contributed by atoms with E-state index in [0.717, 1.165) is 24.8 Å². The molecule has 2 rings (SSSR count). The third-order valence-electron chi connectivity index (χ3n) is 3.75. The van der Waals surface area contributed by atoms with Crippen LogP contribution in [0.5, 0.6) is 0 Å². The number of hydrogen-bond acceptors (Lipinski definition) is 3. The van der Waals surface area contributed by atoms with Gasteiger partial charge in [-0.05, 0) is 49.2 Å². The quantitative estimate of drug-likeness (QED) is 0.598. The molecule has 0 aliphatic rings. The number of ether oxygens (including phenoxy) is 1. The molecule has 0 aliphatic heterocycles. The predicted octanol–water partition coefficient (Wildman–Crippen LogP) is 4.59. The van der Waals surface area contributed by atoms with Gasteiger partial charge < -0.3 is 10.1 Å². The third-order valence-corrected chi connectivity index (χ3v) is 3.75. The molecule has 24 heavy (non-hydrogen) atoms. The van der Waals surface area contributed by atoms with Crippen molar-refractivity contribution in [3.63, 3.8) is 0 Å². The standard InChI is InChI=1S/C20H23NO3/c1-3-4-7-14-24-20(23)16-10-12-17(13-11-16)21-19(22)18-9-6-5-8-15(18)2/h5-6,8-13H,3-4,7,14H2,1-2H3,(H,21,22). The van der Waals surface area contributed by atoms with Crippen LogP contribution < -0.4 is 5.32 Å². The number of esters is 1. The van der Waals surface area contributed by atoms with Gasteiger partial charge in [0.2, 0.25) is 0 Å². The molecule has 2 aromatic carbocycles. The van der Waals surface area contributed by atoms with Crippen molar-refractivity contribution >= 4 is 17.6 Å². The van der Waals surface area contributed by atoms with Gasteiger partial charge in [0.25, 0.3) is 5.91 Å². The van der Waals surface area contributed by atoms with Crippen LogP contribution in [-0.2, 0) is 4.74 Å². The number of rotatable bonds is 7. The minimum atomic E-state index is -0.331. The number of unbranched alkanes of at least 4 members (excludes halogenated alkanes) is 2. The number of aryl methyl sites for hydroxylation is 1. The number of nitrogens with one attached hydrogen (secondary N) is 1. The number of carbonyl (C=O) groups is 2. The van der Waals surface area contributed by atoms with E-state index in [4.69, 9.17) is 4.74 Å². The summed E-state index contributed by atoms with van der Waals surface area (Å²) in [5.74, 6) is -0.495. The van der Waals surface area contributed by atoms with Gasteiger partial charge >= 0.3 is 5.97 Å². The van der Waals surface area contributed by atoms with Gasteiger partial charge in [-0.3, -0.25) is 4.79 Å². The Labute approximate surface area is 142 Å². The van der Waals surface area contributed by atoms with E-state index < -0.39 is 0 Å². The Morgan fingerprint density at radius 3 is 2.38 bits per heavy atom. The smallest absolute Gasteiger partial charge is 0.338 e. The maximum atomic E-state index is 12.3. The minimum Gasteiger partial charge on any atom is -0.462 e. The van der Waals surface area contributed by atoms with Crippen LogP contribution in [0.1, 0.15) is 52.5 Å². The van der Waals surface area contributed by atoms with E-state index >= 15 is 0 Å².